The Morgan fingerprint density at radius 3 is 2.32 bits per heavy atom. The molecule has 3 nitrogen and oxygen atoms in total. The van der Waals surface area contributed by atoms with Crippen molar-refractivity contribution >= 4 is 5.78 Å². The first-order chi connectivity index (χ1) is 9.01. The van der Waals surface area contributed by atoms with Gasteiger partial charge in [-0.1, -0.05) is 36.8 Å². The van der Waals surface area contributed by atoms with E-state index in [0.717, 1.165) is 12.1 Å². The van der Waals surface area contributed by atoms with E-state index in [1.54, 1.807) is 7.11 Å². The second kappa shape index (κ2) is 7.41. The molecule has 0 aliphatic carbocycles. The minimum atomic E-state index is -0.127. The quantitative estimate of drug-likeness (QED) is 0.708. The molecule has 0 bridgehead atoms. The topological polar surface area (TPSA) is 29.5 Å². The van der Waals surface area contributed by atoms with Gasteiger partial charge in [-0.25, -0.2) is 0 Å². The van der Waals surface area contributed by atoms with E-state index in [4.69, 9.17) is 4.74 Å². The highest BCUT2D eigenvalue weighted by molar-refractivity contribution is 5.99. The monoisotopic (exact) mass is 263 g/mol. The SMILES string of the molecule is CCN(C(C)COC)C(C)C(=O)c1ccc(C)cc1. The number of benzene rings is 1. The molecule has 0 N–H and O–H groups in total. The maximum absolute atomic E-state index is 12.5. The zero-order valence-electron chi connectivity index (χ0n) is 12.6. The molecule has 2 atom stereocenters. The van der Waals surface area contributed by atoms with Gasteiger partial charge < -0.3 is 4.74 Å². The Labute approximate surface area is 116 Å². The molecule has 0 aliphatic rings. The van der Waals surface area contributed by atoms with E-state index < -0.39 is 0 Å². The number of Topliss-reactive ketones (excluding diaryl/α,β-unsaturated/α-hetero) is 1. The molecule has 0 spiro atoms. The maximum Gasteiger partial charge on any atom is 0.179 e. The molecule has 106 valence electrons. The minimum absolute atomic E-state index is 0.127. The highest BCUT2D eigenvalue weighted by atomic mass is 16.5. The number of aryl methyl sites for hydroxylation is 1. The Balaban J connectivity index is 2.82. The number of nitrogens with zero attached hydrogens (tertiary/aromatic N) is 1. The van der Waals surface area contributed by atoms with E-state index in [0.29, 0.717) is 6.61 Å². The minimum Gasteiger partial charge on any atom is -0.383 e. The van der Waals surface area contributed by atoms with E-state index in [1.165, 1.54) is 5.56 Å². The molecular formula is C16H25NO2. The van der Waals surface area contributed by atoms with Crippen LogP contribution >= 0.6 is 0 Å². The van der Waals surface area contributed by atoms with Gasteiger partial charge in [-0.3, -0.25) is 9.69 Å². The summed E-state index contributed by atoms with van der Waals surface area (Å²) in [7, 11) is 1.69. The van der Waals surface area contributed by atoms with E-state index in [9.17, 15) is 4.79 Å². The van der Waals surface area contributed by atoms with Gasteiger partial charge >= 0.3 is 0 Å². The second-order valence-electron chi connectivity index (χ2n) is 5.04. The van der Waals surface area contributed by atoms with Gasteiger partial charge in [-0.2, -0.15) is 0 Å². The highest BCUT2D eigenvalue weighted by Crippen LogP contribution is 2.13. The lowest BCUT2D eigenvalue weighted by Crippen LogP contribution is -2.46. The number of carbonyl (C=O) groups excluding carboxylic acids is 1. The van der Waals surface area contributed by atoms with Crippen LogP contribution in [0.25, 0.3) is 0 Å². The van der Waals surface area contributed by atoms with Gasteiger partial charge in [-0.15, -0.1) is 0 Å². The lowest BCUT2D eigenvalue weighted by Gasteiger charge is -2.32. The van der Waals surface area contributed by atoms with Crippen LogP contribution in [0.4, 0.5) is 0 Å². The van der Waals surface area contributed by atoms with Crippen molar-refractivity contribution in [1.82, 2.24) is 4.90 Å². The van der Waals surface area contributed by atoms with Crippen LogP contribution in [-0.4, -0.2) is 43.0 Å². The first-order valence-electron chi connectivity index (χ1n) is 6.86. The summed E-state index contributed by atoms with van der Waals surface area (Å²) in [5.41, 5.74) is 1.95. The van der Waals surface area contributed by atoms with Gasteiger partial charge in [0.05, 0.1) is 12.6 Å². The Kier molecular flexibility index (Phi) is 6.19. The van der Waals surface area contributed by atoms with Crippen molar-refractivity contribution < 1.29 is 9.53 Å². The fraction of sp³-hybridized carbons (Fsp3) is 0.562. The molecule has 1 aromatic carbocycles. The first-order valence-corrected chi connectivity index (χ1v) is 6.86. The molecule has 0 radical (unpaired) electrons. The van der Waals surface area contributed by atoms with Gasteiger partial charge in [0, 0.05) is 18.7 Å². The normalized spacial score (nSPS) is 14.4. The average molecular weight is 263 g/mol. The third-order valence-corrected chi connectivity index (χ3v) is 3.55. The molecule has 0 saturated heterocycles. The Bertz CT molecular complexity index is 400. The zero-order chi connectivity index (χ0) is 14.4. The average Bonchev–Trinajstić information content (AvgIpc) is 2.39. The predicted octanol–water partition coefficient (Wildman–Crippen LogP) is 2.92. The molecular weight excluding hydrogens is 238 g/mol. The Hall–Kier alpha value is -1.19. The van der Waals surface area contributed by atoms with Crippen molar-refractivity contribution in [3.63, 3.8) is 0 Å². The second-order valence-corrected chi connectivity index (χ2v) is 5.04. The van der Waals surface area contributed by atoms with Crippen LogP contribution in [0.5, 0.6) is 0 Å². The number of ether oxygens (including phenoxy) is 1. The Morgan fingerprint density at radius 2 is 1.84 bits per heavy atom. The molecule has 19 heavy (non-hydrogen) atoms. The summed E-state index contributed by atoms with van der Waals surface area (Å²) in [5, 5.41) is 0. The standard InChI is InChI=1S/C16H25NO2/c1-6-17(13(3)11-19-5)14(4)16(18)15-9-7-12(2)8-10-15/h7-10,13-14H,6,11H2,1-5H3. The number of hydrogen-bond acceptors (Lipinski definition) is 3. The number of hydrogen-bond donors (Lipinski definition) is 0. The summed E-state index contributed by atoms with van der Waals surface area (Å²) in [6.07, 6.45) is 0. The van der Waals surface area contributed by atoms with Crippen molar-refractivity contribution in [2.24, 2.45) is 0 Å². The van der Waals surface area contributed by atoms with Gasteiger partial charge in [0.2, 0.25) is 0 Å². The molecule has 0 heterocycles. The number of methoxy groups -OCH3 is 1. The number of likely N-dealkylation sites (N-methyl/N-ethyl adjacent to an activating group) is 1. The van der Waals surface area contributed by atoms with E-state index >= 15 is 0 Å². The van der Waals surface area contributed by atoms with Crippen LogP contribution in [0, 0.1) is 6.92 Å². The third kappa shape index (κ3) is 4.15. The summed E-state index contributed by atoms with van der Waals surface area (Å²) >= 11 is 0. The predicted molar refractivity (Wildman–Crippen MR) is 78.7 cm³/mol. The molecule has 0 amide bonds. The zero-order valence-corrected chi connectivity index (χ0v) is 12.6. The molecule has 2 unspecified atom stereocenters. The smallest absolute Gasteiger partial charge is 0.179 e. The van der Waals surface area contributed by atoms with E-state index in [-0.39, 0.29) is 17.9 Å². The summed E-state index contributed by atoms with van der Waals surface area (Å²) in [6.45, 7) is 9.63. The molecule has 0 aliphatic heterocycles. The third-order valence-electron chi connectivity index (χ3n) is 3.55. The van der Waals surface area contributed by atoms with Crippen molar-refractivity contribution in [2.75, 3.05) is 20.3 Å². The van der Waals surface area contributed by atoms with E-state index in [1.807, 2.05) is 38.1 Å². The molecule has 0 fully saturated rings. The summed E-state index contributed by atoms with van der Waals surface area (Å²) < 4.78 is 5.18. The van der Waals surface area contributed by atoms with Crippen molar-refractivity contribution in [3.05, 3.63) is 35.4 Å². The lowest BCUT2D eigenvalue weighted by atomic mass is 10.0. The highest BCUT2D eigenvalue weighted by Gasteiger charge is 2.25. The van der Waals surface area contributed by atoms with Crippen molar-refractivity contribution in [3.8, 4) is 0 Å². The fourth-order valence-electron chi connectivity index (χ4n) is 2.41. The largest absolute Gasteiger partial charge is 0.383 e. The van der Waals surface area contributed by atoms with Crippen molar-refractivity contribution in [1.29, 1.82) is 0 Å². The van der Waals surface area contributed by atoms with Crippen LogP contribution in [0.2, 0.25) is 0 Å². The molecule has 1 aromatic rings. The summed E-state index contributed by atoms with van der Waals surface area (Å²) in [4.78, 5) is 14.7. The number of rotatable bonds is 7. The van der Waals surface area contributed by atoms with Gasteiger partial charge in [-0.05, 0) is 27.3 Å². The van der Waals surface area contributed by atoms with Crippen LogP contribution in [0.15, 0.2) is 24.3 Å². The molecule has 0 aromatic heterocycles. The Morgan fingerprint density at radius 1 is 1.26 bits per heavy atom. The summed E-state index contributed by atoms with van der Waals surface area (Å²) in [6, 6.07) is 7.88. The van der Waals surface area contributed by atoms with Gasteiger partial charge in [0.1, 0.15) is 0 Å². The van der Waals surface area contributed by atoms with Crippen LogP contribution < -0.4 is 0 Å². The molecule has 0 saturated carbocycles. The van der Waals surface area contributed by atoms with Crippen molar-refractivity contribution in [2.45, 2.75) is 39.8 Å². The number of ketones is 1. The summed E-state index contributed by atoms with van der Waals surface area (Å²) in [5.74, 6) is 0.171. The van der Waals surface area contributed by atoms with E-state index in [2.05, 4.69) is 18.7 Å². The van der Waals surface area contributed by atoms with Crippen LogP contribution in [0.1, 0.15) is 36.7 Å². The van der Waals surface area contributed by atoms with Gasteiger partial charge in [0.15, 0.2) is 5.78 Å². The first kappa shape index (κ1) is 15.9. The maximum atomic E-state index is 12.5. The number of carbonyl (C=O) groups is 1. The molecule has 3 heteroatoms. The van der Waals surface area contributed by atoms with Gasteiger partial charge in [0.25, 0.3) is 0 Å². The van der Waals surface area contributed by atoms with Crippen LogP contribution in [-0.2, 0) is 4.74 Å². The fourth-order valence-corrected chi connectivity index (χ4v) is 2.41. The van der Waals surface area contributed by atoms with Crippen LogP contribution in [0.3, 0.4) is 0 Å². The lowest BCUT2D eigenvalue weighted by molar-refractivity contribution is 0.0612. The molecule has 1 rings (SSSR count).